The molecule has 0 spiro atoms. The molecule has 0 aromatic heterocycles. The van der Waals surface area contributed by atoms with E-state index >= 15 is 0 Å². The first-order valence-electron chi connectivity index (χ1n) is 17.6. The standard InChI is InChI=1S/C39H57N3O7/c1-8-9-27-21-33(48-7)31(35-34(45)32(44)22-30(23-43)49-35)20-28(27)19-26-11-10-25(18-24(26)2)12-15-38(3,4)36(46)42-39(5,6)37(47)41-29-13-16-40-17-14-29/h10-12,15,18,20-21,29-30,32,34-35,40,43-45H,8-9,13-14,16-17,19,22-23H2,1-7H3,(H,41,47)(H,42,46)/b15-12+/t30-,32-,34-,35-/m0/s1. The lowest BCUT2D eigenvalue weighted by Crippen LogP contribution is -2.59. The predicted octanol–water partition coefficient (Wildman–Crippen LogP) is 3.89. The van der Waals surface area contributed by atoms with E-state index in [-0.39, 0.29) is 30.9 Å². The Morgan fingerprint density at radius 3 is 2.39 bits per heavy atom. The topological polar surface area (TPSA) is 149 Å². The van der Waals surface area contributed by atoms with Crippen LogP contribution in [0.5, 0.6) is 5.75 Å². The largest absolute Gasteiger partial charge is 0.496 e. The fourth-order valence-electron chi connectivity index (χ4n) is 6.52. The van der Waals surface area contributed by atoms with E-state index < -0.39 is 35.4 Å². The van der Waals surface area contributed by atoms with Gasteiger partial charge in [-0.1, -0.05) is 43.7 Å². The van der Waals surface area contributed by atoms with E-state index in [1.807, 2.05) is 44.2 Å². The lowest BCUT2D eigenvalue weighted by atomic mass is 9.87. The number of amides is 2. The van der Waals surface area contributed by atoms with E-state index in [0.29, 0.717) is 17.7 Å². The van der Waals surface area contributed by atoms with Crippen LogP contribution in [0.4, 0.5) is 0 Å². The maximum absolute atomic E-state index is 13.4. The summed E-state index contributed by atoms with van der Waals surface area (Å²) in [6.45, 7) is 12.8. The molecule has 2 aliphatic heterocycles. The van der Waals surface area contributed by atoms with Crippen molar-refractivity contribution in [3.05, 3.63) is 69.8 Å². The number of nitrogens with one attached hydrogen (secondary N) is 3. The molecule has 2 aromatic carbocycles. The van der Waals surface area contributed by atoms with Gasteiger partial charge in [-0.2, -0.15) is 0 Å². The molecule has 10 heteroatoms. The number of ether oxygens (including phenoxy) is 2. The van der Waals surface area contributed by atoms with Crippen LogP contribution in [0, 0.1) is 12.3 Å². The van der Waals surface area contributed by atoms with Gasteiger partial charge >= 0.3 is 0 Å². The molecule has 2 heterocycles. The van der Waals surface area contributed by atoms with Gasteiger partial charge in [-0.25, -0.2) is 0 Å². The first-order valence-corrected chi connectivity index (χ1v) is 17.6. The highest BCUT2D eigenvalue weighted by Gasteiger charge is 2.39. The molecule has 49 heavy (non-hydrogen) atoms. The summed E-state index contributed by atoms with van der Waals surface area (Å²) < 4.78 is 11.8. The molecule has 0 radical (unpaired) electrons. The number of aliphatic hydroxyl groups is 3. The summed E-state index contributed by atoms with van der Waals surface area (Å²) in [5.74, 6) is 0.169. The molecular weight excluding hydrogens is 622 g/mol. The van der Waals surface area contributed by atoms with Crippen molar-refractivity contribution >= 4 is 17.9 Å². The van der Waals surface area contributed by atoms with Gasteiger partial charge in [0.2, 0.25) is 11.8 Å². The summed E-state index contributed by atoms with van der Waals surface area (Å²) in [7, 11) is 1.58. The minimum absolute atomic E-state index is 0.113. The molecule has 0 unspecified atom stereocenters. The van der Waals surface area contributed by atoms with Crippen LogP contribution in [0.1, 0.15) is 99.8 Å². The van der Waals surface area contributed by atoms with Crippen LogP contribution in [0.3, 0.4) is 0 Å². The molecule has 2 amide bonds. The zero-order valence-electron chi connectivity index (χ0n) is 30.3. The molecule has 2 fully saturated rings. The number of aliphatic hydroxyl groups excluding tert-OH is 3. The van der Waals surface area contributed by atoms with Crippen molar-refractivity contribution in [1.82, 2.24) is 16.0 Å². The first kappa shape index (κ1) is 38.5. The second-order valence-corrected chi connectivity index (χ2v) is 14.8. The third kappa shape index (κ3) is 9.70. The van der Waals surface area contributed by atoms with Crippen molar-refractivity contribution in [2.75, 3.05) is 26.8 Å². The van der Waals surface area contributed by atoms with E-state index in [1.165, 1.54) is 0 Å². The van der Waals surface area contributed by atoms with Crippen LogP contribution < -0.4 is 20.7 Å². The maximum Gasteiger partial charge on any atom is 0.245 e. The van der Waals surface area contributed by atoms with E-state index in [4.69, 9.17) is 9.47 Å². The molecule has 0 bridgehead atoms. The van der Waals surface area contributed by atoms with E-state index in [9.17, 15) is 24.9 Å². The van der Waals surface area contributed by atoms with Crippen molar-refractivity contribution in [3.8, 4) is 5.75 Å². The van der Waals surface area contributed by atoms with Gasteiger partial charge in [-0.05, 0) is 113 Å². The zero-order chi connectivity index (χ0) is 35.9. The van der Waals surface area contributed by atoms with Crippen LogP contribution in [-0.4, -0.2) is 83.8 Å². The summed E-state index contributed by atoms with van der Waals surface area (Å²) in [6, 6.07) is 10.3. The average Bonchev–Trinajstić information content (AvgIpc) is 3.07. The Morgan fingerprint density at radius 2 is 1.76 bits per heavy atom. The average molecular weight is 680 g/mol. The number of hydrogen-bond acceptors (Lipinski definition) is 8. The summed E-state index contributed by atoms with van der Waals surface area (Å²) in [6.07, 6.45) is 4.55. The van der Waals surface area contributed by atoms with Crippen LogP contribution in [-0.2, 0) is 27.2 Å². The Balaban J connectivity index is 1.50. The highest BCUT2D eigenvalue weighted by Crippen LogP contribution is 2.39. The van der Waals surface area contributed by atoms with Gasteiger partial charge in [0, 0.05) is 18.0 Å². The molecule has 270 valence electrons. The number of carbonyl (C=O) groups excluding carboxylic acids is 2. The Hall–Kier alpha value is -3.28. The second-order valence-electron chi connectivity index (χ2n) is 14.8. The van der Waals surface area contributed by atoms with Gasteiger partial charge < -0.3 is 40.7 Å². The molecule has 4 atom stereocenters. The number of piperidine rings is 1. The van der Waals surface area contributed by atoms with Crippen molar-refractivity contribution in [2.45, 2.75) is 116 Å². The number of carbonyl (C=O) groups is 2. The van der Waals surface area contributed by atoms with Crippen molar-refractivity contribution in [1.29, 1.82) is 0 Å². The first-order chi connectivity index (χ1) is 23.2. The predicted molar refractivity (Wildman–Crippen MR) is 191 cm³/mol. The third-order valence-corrected chi connectivity index (χ3v) is 9.82. The molecule has 4 rings (SSSR count). The summed E-state index contributed by atoms with van der Waals surface area (Å²) in [5, 5.41) is 40.5. The van der Waals surface area contributed by atoms with Crippen LogP contribution in [0.25, 0.3) is 6.08 Å². The Bertz CT molecular complexity index is 1480. The Morgan fingerprint density at radius 1 is 1.04 bits per heavy atom. The van der Waals surface area contributed by atoms with Gasteiger partial charge in [0.1, 0.15) is 23.5 Å². The lowest BCUT2D eigenvalue weighted by molar-refractivity contribution is -0.180. The monoisotopic (exact) mass is 679 g/mol. The molecule has 10 nitrogen and oxygen atoms in total. The normalized spacial score (nSPS) is 22.2. The molecule has 0 saturated carbocycles. The zero-order valence-corrected chi connectivity index (χ0v) is 30.3. The van der Waals surface area contributed by atoms with Crippen LogP contribution in [0.15, 0.2) is 36.4 Å². The Kier molecular flexibility index (Phi) is 13.1. The fourth-order valence-corrected chi connectivity index (χ4v) is 6.52. The van der Waals surface area contributed by atoms with Crippen LogP contribution in [0.2, 0.25) is 0 Å². The van der Waals surface area contributed by atoms with E-state index in [1.54, 1.807) is 21.0 Å². The SMILES string of the molecule is CCCc1cc(OC)c([C@@H]2O[C@H](CO)C[C@H](O)[C@@H]2O)cc1Cc1ccc(/C=C/C(C)(C)C(=O)NC(C)(C)C(=O)NC2CCNCC2)cc1C. The fraction of sp³-hybridized carbons (Fsp3) is 0.590. The summed E-state index contributed by atoms with van der Waals surface area (Å²) >= 11 is 0. The second kappa shape index (κ2) is 16.6. The maximum atomic E-state index is 13.4. The quantitative estimate of drug-likeness (QED) is 0.187. The van der Waals surface area contributed by atoms with Gasteiger partial charge in [-0.15, -0.1) is 0 Å². The molecule has 2 aromatic rings. The van der Waals surface area contributed by atoms with Crippen LogP contribution >= 0.6 is 0 Å². The summed E-state index contributed by atoms with van der Waals surface area (Å²) in [5.41, 5.74) is 4.11. The number of hydrogen-bond donors (Lipinski definition) is 6. The molecule has 2 aliphatic rings. The molecule has 0 aliphatic carbocycles. The van der Waals surface area contributed by atoms with Gasteiger partial charge in [0.25, 0.3) is 0 Å². The highest BCUT2D eigenvalue weighted by atomic mass is 16.5. The lowest BCUT2D eigenvalue weighted by Gasteiger charge is -2.37. The minimum Gasteiger partial charge on any atom is -0.496 e. The van der Waals surface area contributed by atoms with Crippen molar-refractivity contribution in [3.63, 3.8) is 0 Å². The van der Waals surface area contributed by atoms with Crippen molar-refractivity contribution in [2.24, 2.45) is 5.41 Å². The molecular formula is C39H57N3O7. The minimum atomic E-state index is -1.15. The summed E-state index contributed by atoms with van der Waals surface area (Å²) in [4.78, 5) is 26.4. The number of benzene rings is 2. The molecule has 2 saturated heterocycles. The van der Waals surface area contributed by atoms with E-state index in [2.05, 4.69) is 41.9 Å². The number of methoxy groups -OCH3 is 1. The number of rotatable bonds is 13. The van der Waals surface area contributed by atoms with Crippen molar-refractivity contribution < 1.29 is 34.4 Å². The number of aryl methyl sites for hydroxylation is 2. The smallest absolute Gasteiger partial charge is 0.245 e. The van der Waals surface area contributed by atoms with E-state index in [0.717, 1.165) is 66.6 Å². The van der Waals surface area contributed by atoms with Gasteiger partial charge in [-0.3, -0.25) is 9.59 Å². The Labute approximate surface area is 291 Å². The molecule has 6 N–H and O–H groups in total. The van der Waals surface area contributed by atoms with Gasteiger partial charge in [0.15, 0.2) is 0 Å². The van der Waals surface area contributed by atoms with Gasteiger partial charge in [0.05, 0.1) is 31.3 Å². The third-order valence-electron chi connectivity index (χ3n) is 9.82. The highest BCUT2D eigenvalue weighted by molar-refractivity contribution is 5.93.